The Labute approximate surface area is 90.1 Å². The van der Waals surface area contributed by atoms with Gasteiger partial charge in [-0.3, -0.25) is 0 Å². The third-order valence-corrected chi connectivity index (χ3v) is 2.42. The summed E-state index contributed by atoms with van der Waals surface area (Å²) in [7, 11) is 0. The first-order valence-electron chi connectivity index (χ1n) is 5.30. The lowest BCUT2D eigenvalue weighted by atomic mass is 10.0. The molecule has 2 rings (SSSR count). The van der Waals surface area contributed by atoms with Gasteiger partial charge < -0.3 is 5.73 Å². The molecule has 1 heterocycles. The van der Waals surface area contributed by atoms with Crippen LogP contribution in [0, 0.1) is 5.92 Å². The molecule has 0 spiro atoms. The molecule has 0 atom stereocenters. The number of benzene rings is 1. The number of nitrogens with zero attached hydrogens (tertiary/aromatic N) is 1. The number of fused-ring (bicyclic) bond motifs is 1. The van der Waals surface area contributed by atoms with Gasteiger partial charge in [0.05, 0.1) is 5.52 Å². The van der Waals surface area contributed by atoms with Crippen molar-refractivity contribution in [1.82, 2.24) is 4.98 Å². The maximum Gasteiger partial charge on any atom is 0.124 e. The highest BCUT2D eigenvalue weighted by atomic mass is 14.8. The summed E-state index contributed by atoms with van der Waals surface area (Å²) in [4.78, 5) is 4.32. The van der Waals surface area contributed by atoms with Crippen molar-refractivity contribution in [3.8, 4) is 0 Å². The molecule has 2 nitrogen and oxygen atoms in total. The summed E-state index contributed by atoms with van der Waals surface area (Å²) < 4.78 is 0. The summed E-state index contributed by atoms with van der Waals surface area (Å²) in [6.07, 6.45) is 1.09. The lowest BCUT2D eigenvalue weighted by Crippen LogP contribution is -1.95. The number of rotatable bonds is 2. The fourth-order valence-electron chi connectivity index (χ4n) is 1.78. The fourth-order valence-corrected chi connectivity index (χ4v) is 1.78. The van der Waals surface area contributed by atoms with Crippen LogP contribution in [0.1, 0.15) is 19.4 Å². The van der Waals surface area contributed by atoms with Crippen LogP contribution in [0.15, 0.2) is 30.3 Å². The summed E-state index contributed by atoms with van der Waals surface area (Å²) in [5.41, 5.74) is 7.99. The van der Waals surface area contributed by atoms with Crippen LogP contribution < -0.4 is 5.73 Å². The van der Waals surface area contributed by atoms with Crippen LogP contribution >= 0.6 is 0 Å². The Morgan fingerprint density at radius 3 is 2.67 bits per heavy atom. The summed E-state index contributed by atoms with van der Waals surface area (Å²) >= 11 is 0. The van der Waals surface area contributed by atoms with Gasteiger partial charge in [0, 0.05) is 5.39 Å². The van der Waals surface area contributed by atoms with E-state index >= 15 is 0 Å². The van der Waals surface area contributed by atoms with E-state index < -0.39 is 0 Å². The molecule has 1 aromatic heterocycles. The molecule has 0 fully saturated rings. The second-order valence-electron chi connectivity index (χ2n) is 4.36. The quantitative estimate of drug-likeness (QED) is 0.809. The van der Waals surface area contributed by atoms with Crippen molar-refractivity contribution in [3.63, 3.8) is 0 Å². The third-order valence-electron chi connectivity index (χ3n) is 2.42. The second-order valence-corrected chi connectivity index (χ2v) is 4.36. The number of nitrogens with two attached hydrogens (primary N) is 1. The summed E-state index contributed by atoms with van der Waals surface area (Å²) in [6.45, 7) is 4.44. The molecule has 0 aliphatic rings. The predicted octanol–water partition coefficient (Wildman–Crippen LogP) is 3.02. The molecule has 0 amide bonds. The fraction of sp³-hybridized carbons (Fsp3) is 0.308. The lowest BCUT2D eigenvalue weighted by molar-refractivity contribution is 0.648. The zero-order valence-electron chi connectivity index (χ0n) is 9.20. The minimum Gasteiger partial charge on any atom is -0.384 e. The number of aromatic nitrogens is 1. The topological polar surface area (TPSA) is 38.9 Å². The third kappa shape index (κ3) is 2.27. The number of anilines is 1. The first kappa shape index (κ1) is 9.97. The summed E-state index contributed by atoms with van der Waals surface area (Å²) in [5.74, 6) is 1.26. The van der Waals surface area contributed by atoms with Crippen LogP contribution in [-0.2, 0) is 6.42 Å². The lowest BCUT2D eigenvalue weighted by Gasteiger charge is -2.06. The van der Waals surface area contributed by atoms with Gasteiger partial charge in [0.15, 0.2) is 0 Å². The van der Waals surface area contributed by atoms with Crippen molar-refractivity contribution in [3.05, 3.63) is 35.9 Å². The molecule has 15 heavy (non-hydrogen) atoms. The highest BCUT2D eigenvalue weighted by Gasteiger charge is 2.00. The normalized spacial score (nSPS) is 11.1. The number of nitrogen functional groups attached to an aromatic ring is 1. The number of hydrogen-bond donors (Lipinski definition) is 1. The average molecular weight is 200 g/mol. The Balaban J connectivity index is 2.45. The summed E-state index contributed by atoms with van der Waals surface area (Å²) in [5, 5.41) is 1.15. The molecule has 78 valence electrons. The van der Waals surface area contributed by atoms with Crippen molar-refractivity contribution in [2.45, 2.75) is 20.3 Å². The van der Waals surface area contributed by atoms with E-state index in [9.17, 15) is 0 Å². The number of pyridine rings is 1. The Morgan fingerprint density at radius 2 is 1.93 bits per heavy atom. The Bertz CT molecular complexity index is 475. The largest absolute Gasteiger partial charge is 0.384 e. The molecule has 2 N–H and O–H groups in total. The van der Waals surface area contributed by atoms with Crippen LogP contribution in [0.25, 0.3) is 10.9 Å². The van der Waals surface area contributed by atoms with Gasteiger partial charge in [0.25, 0.3) is 0 Å². The van der Waals surface area contributed by atoms with E-state index in [-0.39, 0.29) is 0 Å². The molecule has 0 saturated heterocycles. The van der Waals surface area contributed by atoms with E-state index in [0.717, 1.165) is 17.3 Å². The molecule has 0 aliphatic carbocycles. The van der Waals surface area contributed by atoms with Crippen molar-refractivity contribution in [1.29, 1.82) is 0 Å². The molecule has 0 aliphatic heterocycles. The highest BCUT2D eigenvalue weighted by molar-refractivity contribution is 5.80. The Morgan fingerprint density at radius 1 is 1.20 bits per heavy atom. The molecular formula is C13H16N2. The van der Waals surface area contributed by atoms with Crippen LogP contribution in [-0.4, -0.2) is 4.98 Å². The van der Waals surface area contributed by atoms with Crippen LogP contribution in [0.5, 0.6) is 0 Å². The van der Waals surface area contributed by atoms with Crippen molar-refractivity contribution < 1.29 is 0 Å². The molecule has 0 radical (unpaired) electrons. The van der Waals surface area contributed by atoms with E-state index in [1.807, 2.05) is 12.1 Å². The van der Waals surface area contributed by atoms with E-state index in [4.69, 9.17) is 5.73 Å². The van der Waals surface area contributed by atoms with E-state index in [1.54, 1.807) is 0 Å². The van der Waals surface area contributed by atoms with E-state index in [0.29, 0.717) is 11.7 Å². The monoisotopic (exact) mass is 200 g/mol. The molecule has 0 unspecified atom stereocenters. The van der Waals surface area contributed by atoms with Gasteiger partial charge in [0.2, 0.25) is 0 Å². The van der Waals surface area contributed by atoms with Crippen LogP contribution in [0.3, 0.4) is 0 Å². The van der Waals surface area contributed by atoms with Crippen molar-refractivity contribution in [2.24, 2.45) is 5.92 Å². The Hall–Kier alpha value is -1.57. The molecule has 0 bridgehead atoms. The smallest absolute Gasteiger partial charge is 0.124 e. The SMILES string of the molecule is CC(C)Cc1ccc2ccc(N)nc2c1. The molecule has 2 aromatic rings. The van der Waals surface area contributed by atoms with Gasteiger partial charge in [-0.2, -0.15) is 0 Å². The summed E-state index contributed by atoms with van der Waals surface area (Å²) in [6, 6.07) is 10.3. The van der Waals surface area contributed by atoms with Crippen LogP contribution in [0.2, 0.25) is 0 Å². The Kier molecular flexibility index (Phi) is 2.58. The molecule has 2 heteroatoms. The maximum atomic E-state index is 5.66. The minimum absolute atomic E-state index is 0.587. The standard InChI is InChI=1S/C13H16N2/c1-9(2)7-10-3-4-11-5-6-13(14)15-12(11)8-10/h3-6,8-9H,7H2,1-2H3,(H2,14,15). The van der Waals surface area contributed by atoms with E-state index in [2.05, 4.69) is 37.0 Å². The first-order chi connectivity index (χ1) is 7.15. The number of hydrogen-bond acceptors (Lipinski definition) is 2. The van der Waals surface area contributed by atoms with Crippen molar-refractivity contribution in [2.75, 3.05) is 5.73 Å². The van der Waals surface area contributed by atoms with Gasteiger partial charge in [-0.05, 0) is 36.1 Å². The zero-order chi connectivity index (χ0) is 10.8. The second kappa shape index (κ2) is 3.89. The zero-order valence-corrected chi connectivity index (χ0v) is 9.20. The highest BCUT2D eigenvalue weighted by Crippen LogP contribution is 2.17. The predicted molar refractivity (Wildman–Crippen MR) is 64.7 cm³/mol. The minimum atomic E-state index is 0.587. The van der Waals surface area contributed by atoms with Crippen LogP contribution in [0.4, 0.5) is 5.82 Å². The van der Waals surface area contributed by atoms with Crippen molar-refractivity contribution >= 4 is 16.7 Å². The first-order valence-corrected chi connectivity index (χ1v) is 5.30. The van der Waals surface area contributed by atoms with Gasteiger partial charge in [-0.25, -0.2) is 4.98 Å². The molecule has 0 saturated carbocycles. The molecule has 1 aromatic carbocycles. The maximum absolute atomic E-state index is 5.66. The van der Waals surface area contributed by atoms with Gasteiger partial charge in [-0.1, -0.05) is 26.0 Å². The molecular weight excluding hydrogens is 184 g/mol. The van der Waals surface area contributed by atoms with E-state index in [1.165, 1.54) is 5.56 Å². The average Bonchev–Trinajstić information content (AvgIpc) is 2.16. The van der Waals surface area contributed by atoms with Gasteiger partial charge in [-0.15, -0.1) is 0 Å². The van der Waals surface area contributed by atoms with Gasteiger partial charge >= 0.3 is 0 Å². The van der Waals surface area contributed by atoms with Gasteiger partial charge in [0.1, 0.15) is 5.82 Å².